The molecule has 0 amide bonds. The summed E-state index contributed by atoms with van der Waals surface area (Å²) in [7, 11) is -2.51. The third-order valence-corrected chi connectivity index (χ3v) is 9.64. The van der Waals surface area contributed by atoms with Crippen molar-refractivity contribution in [3.05, 3.63) is 108 Å². The van der Waals surface area contributed by atoms with Gasteiger partial charge in [0.05, 0.1) is 25.6 Å². The number of aromatic nitrogens is 2. The first kappa shape index (κ1) is 36.1. The van der Waals surface area contributed by atoms with Crippen LogP contribution in [0.25, 0.3) is 0 Å². The summed E-state index contributed by atoms with van der Waals surface area (Å²) in [5, 5.41) is 16.3. The van der Waals surface area contributed by atoms with Gasteiger partial charge in [-0.1, -0.05) is 36.4 Å². The SMILES string of the molecule is CNc1cccc(CCOc2ccc(CS(=O)(=O)OC(=O)CC(C(=O)O)C3(Cc4ccc(OCCCNc5ccccn5)cc4)CC3)cc2)n1. The van der Waals surface area contributed by atoms with E-state index in [2.05, 4.69) is 20.6 Å². The Kier molecular flexibility index (Phi) is 12.3. The lowest BCUT2D eigenvalue weighted by Crippen LogP contribution is -2.30. The lowest BCUT2D eigenvalue weighted by molar-refractivity contribution is -0.149. The number of hydrogen-bond donors (Lipinski definition) is 3. The summed E-state index contributed by atoms with van der Waals surface area (Å²) >= 11 is 0. The molecule has 0 radical (unpaired) electrons. The van der Waals surface area contributed by atoms with Crippen LogP contribution in [0.5, 0.6) is 11.5 Å². The molecule has 1 atom stereocenters. The Labute approximate surface area is 292 Å². The van der Waals surface area contributed by atoms with Gasteiger partial charge >= 0.3 is 22.1 Å². The lowest BCUT2D eigenvalue weighted by Gasteiger charge is -2.23. The number of carbonyl (C=O) groups is 2. The van der Waals surface area contributed by atoms with E-state index in [1.54, 1.807) is 37.5 Å². The number of aliphatic carboxylic acids is 1. The monoisotopic (exact) mass is 702 g/mol. The molecular weight excluding hydrogens is 660 g/mol. The molecule has 4 aromatic rings. The molecule has 1 saturated carbocycles. The van der Waals surface area contributed by atoms with Crippen LogP contribution in [0.2, 0.25) is 0 Å². The van der Waals surface area contributed by atoms with Gasteiger partial charge in [-0.3, -0.25) is 9.59 Å². The first-order valence-corrected chi connectivity index (χ1v) is 18.1. The topological polar surface area (TPSA) is 166 Å². The molecule has 1 fully saturated rings. The smallest absolute Gasteiger partial charge is 0.323 e. The second-order valence-electron chi connectivity index (χ2n) is 12.3. The van der Waals surface area contributed by atoms with Crippen LogP contribution >= 0.6 is 0 Å². The Morgan fingerprint density at radius 2 is 1.56 bits per heavy atom. The number of pyridine rings is 2. The van der Waals surface area contributed by atoms with Crippen molar-refractivity contribution in [2.24, 2.45) is 11.3 Å². The molecule has 50 heavy (non-hydrogen) atoms. The van der Waals surface area contributed by atoms with Crippen LogP contribution in [0.3, 0.4) is 0 Å². The van der Waals surface area contributed by atoms with Crippen molar-refractivity contribution in [3.8, 4) is 11.5 Å². The maximum Gasteiger partial charge on any atom is 0.323 e. The van der Waals surface area contributed by atoms with Gasteiger partial charge in [0.1, 0.15) is 28.9 Å². The van der Waals surface area contributed by atoms with Gasteiger partial charge in [-0.2, -0.15) is 8.42 Å². The molecule has 3 N–H and O–H groups in total. The Balaban J connectivity index is 1.06. The number of anilines is 2. The van der Waals surface area contributed by atoms with Crippen molar-refractivity contribution in [1.29, 1.82) is 0 Å². The maximum absolute atomic E-state index is 12.8. The number of hydrogen-bond acceptors (Lipinski definition) is 11. The van der Waals surface area contributed by atoms with Gasteiger partial charge in [0.2, 0.25) is 0 Å². The summed E-state index contributed by atoms with van der Waals surface area (Å²) in [5.74, 6) is -1.03. The van der Waals surface area contributed by atoms with E-state index in [4.69, 9.17) is 13.7 Å². The fourth-order valence-corrected chi connectivity index (χ4v) is 6.73. The van der Waals surface area contributed by atoms with Crippen LogP contribution in [-0.4, -0.2) is 62.2 Å². The van der Waals surface area contributed by atoms with Gasteiger partial charge in [0.15, 0.2) is 0 Å². The van der Waals surface area contributed by atoms with Crippen molar-refractivity contribution < 1.29 is 36.8 Å². The molecule has 0 saturated heterocycles. The molecule has 1 aliphatic rings. The lowest BCUT2D eigenvalue weighted by atomic mass is 9.81. The average Bonchev–Trinajstić information content (AvgIpc) is 3.88. The number of carbonyl (C=O) groups excluding carboxylic acids is 1. The van der Waals surface area contributed by atoms with E-state index < -0.39 is 45.6 Å². The summed E-state index contributed by atoms with van der Waals surface area (Å²) in [5.41, 5.74) is 1.52. The molecule has 1 unspecified atom stereocenters. The average molecular weight is 703 g/mol. The fraction of sp³-hybridized carbons (Fsp3) is 0.351. The summed E-state index contributed by atoms with van der Waals surface area (Å²) in [6.45, 7) is 1.61. The molecular formula is C37H42N4O8S. The van der Waals surface area contributed by atoms with Crippen LogP contribution in [0, 0.1) is 11.3 Å². The highest BCUT2D eigenvalue weighted by Crippen LogP contribution is 2.55. The minimum absolute atomic E-state index is 0.383. The van der Waals surface area contributed by atoms with Gasteiger partial charge in [0.25, 0.3) is 0 Å². The number of nitrogens with zero attached hydrogens (tertiary/aromatic N) is 2. The summed E-state index contributed by atoms with van der Waals surface area (Å²) in [6, 6.07) is 25.3. The predicted octanol–water partition coefficient (Wildman–Crippen LogP) is 5.51. The molecule has 2 aromatic carbocycles. The summed E-state index contributed by atoms with van der Waals surface area (Å²) < 4.78 is 41.9. The van der Waals surface area contributed by atoms with E-state index in [0.29, 0.717) is 62.5 Å². The molecule has 1 aliphatic carbocycles. The van der Waals surface area contributed by atoms with E-state index >= 15 is 0 Å². The minimum Gasteiger partial charge on any atom is -0.494 e. The summed E-state index contributed by atoms with van der Waals surface area (Å²) in [6.07, 6.45) is 4.21. The second kappa shape index (κ2) is 17.0. The third kappa shape index (κ3) is 10.9. The van der Waals surface area contributed by atoms with Crippen molar-refractivity contribution >= 4 is 33.7 Å². The van der Waals surface area contributed by atoms with Gasteiger partial charge in [-0.15, -0.1) is 0 Å². The zero-order chi connectivity index (χ0) is 35.4. The van der Waals surface area contributed by atoms with Crippen molar-refractivity contribution in [2.75, 3.05) is 37.4 Å². The Morgan fingerprint density at radius 1 is 0.880 bits per heavy atom. The normalized spacial score (nSPS) is 13.9. The van der Waals surface area contributed by atoms with Crippen LogP contribution in [-0.2, 0) is 42.5 Å². The quantitative estimate of drug-likeness (QED) is 0.0783. The Bertz CT molecular complexity index is 1820. The molecule has 0 spiro atoms. The van der Waals surface area contributed by atoms with Crippen LogP contribution in [0.15, 0.2) is 91.1 Å². The molecule has 5 rings (SSSR count). The number of rotatable bonds is 20. The van der Waals surface area contributed by atoms with Crippen LogP contribution in [0.4, 0.5) is 11.6 Å². The molecule has 0 bridgehead atoms. The van der Waals surface area contributed by atoms with Gasteiger partial charge in [0, 0.05) is 31.9 Å². The Hall–Kier alpha value is -5.17. The second-order valence-corrected chi connectivity index (χ2v) is 13.9. The van der Waals surface area contributed by atoms with Crippen molar-refractivity contribution in [3.63, 3.8) is 0 Å². The maximum atomic E-state index is 12.8. The van der Waals surface area contributed by atoms with Gasteiger partial charge < -0.3 is 29.4 Å². The zero-order valence-electron chi connectivity index (χ0n) is 27.9. The largest absolute Gasteiger partial charge is 0.494 e. The molecule has 264 valence electrons. The summed E-state index contributed by atoms with van der Waals surface area (Å²) in [4.78, 5) is 33.7. The molecule has 12 nitrogen and oxygen atoms in total. The highest BCUT2D eigenvalue weighted by Gasteiger charge is 2.53. The van der Waals surface area contributed by atoms with E-state index in [1.807, 2.05) is 60.7 Å². The first-order valence-electron chi connectivity index (χ1n) is 16.5. The van der Waals surface area contributed by atoms with Gasteiger partial charge in [-0.25, -0.2) is 9.97 Å². The predicted molar refractivity (Wildman–Crippen MR) is 189 cm³/mol. The number of benzene rings is 2. The van der Waals surface area contributed by atoms with Crippen molar-refractivity contribution in [2.45, 2.75) is 44.3 Å². The van der Waals surface area contributed by atoms with Crippen molar-refractivity contribution in [1.82, 2.24) is 9.97 Å². The standard InChI is InChI=1S/C37H42N4O8S/c1-38-33-8-4-6-29(41-33)17-23-48-31-15-11-28(12-16-31)26-50(45,46)49-35(42)24-32(36(43)44)37(18-19-37)25-27-9-13-30(14-10-27)47-22-5-21-40-34-7-2-3-20-39-34/h2-4,6-16,20,32H,5,17-19,21-26H2,1H3,(H,38,41)(H,39,40)(H,43,44). The van der Waals surface area contributed by atoms with Crippen LogP contribution < -0.4 is 20.1 Å². The zero-order valence-corrected chi connectivity index (χ0v) is 28.7. The van der Waals surface area contributed by atoms with E-state index in [9.17, 15) is 23.1 Å². The van der Waals surface area contributed by atoms with E-state index in [1.165, 1.54) is 0 Å². The fourth-order valence-electron chi connectivity index (χ4n) is 5.72. The number of ether oxygens (including phenoxy) is 2. The molecule has 2 heterocycles. The highest BCUT2D eigenvalue weighted by atomic mass is 32.2. The number of carboxylic acids is 1. The third-order valence-electron chi connectivity index (χ3n) is 8.52. The first-order chi connectivity index (χ1) is 24.1. The molecule has 13 heteroatoms. The van der Waals surface area contributed by atoms with E-state index in [-0.39, 0.29) is 0 Å². The minimum atomic E-state index is -4.31. The molecule has 0 aliphatic heterocycles. The van der Waals surface area contributed by atoms with Gasteiger partial charge in [-0.05, 0) is 90.8 Å². The number of carboxylic acid groups (broad SMARTS) is 1. The Morgan fingerprint density at radius 3 is 2.20 bits per heavy atom. The number of nitrogens with one attached hydrogen (secondary N) is 2. The van der Waals surface area contributed by atoms with E-state index in [0.717, 1.165) is 29.3 Å². The van der Waals surface area contributed by atoms with Crippen LogP contribution in [0.1, 0.15) is 42.5 Å². The molecule has 2 aromatic heterocycles. The highest BCUT2D eigenvalue weighted by molar-refractivity contribution is 7.86.